The van der Waals surface area contributed by atoms with Gasteiger partial charge in [-0.1, -0.05) is 39.7 Å². The van der Waals surface area contributed by atoms with Crippen molar-refractivity contribution in [2.75, 3.05) is 7.11 Å². The first-order valence-electron chi connectivity index (χ1n) is 6.55. The summed E-state index contributed by atoms with van der Waals surface area (Å²) in [5.41, 5.74) is 4.89. The van der Waals surface area contributed by atoms with Crippen molar-refractivity contribution in [1.82, 2.24) is 0 Å². The fraction of sp³-hybridized carbons (Fsp3) is 0.294. The zero-order valence-electron chi connectivity index (χ0n) is 11.9. The van der Waals surface area contributed by atoms with Crippen LogP contribution in [0.15, 0.2) is 40.9 Å². The van der Waals surface area contributed by atoms with Crippen molar-refractivity contribution in [3.05, 3.63) is 63.1 Å². The van der Waals surface area contributed by atoms with Crippen LogP contribution in [0.3, 0.4) is 0 Å². The number of ether oxygens (including phenoxy) is 1. The van der Waals surface area contributed by atoms with E-state index >= 15 is 0 Å². The first-order valence-corrected chi connectivity index (χ1v) is 7.78. The zero-order valence-corrected chi connectivity index (χ0v) is 14.3. The average molecular weight is 354 g/mol. The van der Waals surface area contributed by atoms with Crippen molar-refractivity contribution < 1.29 is 4.74 Å². The summed E-state index contributed by atoms with van der Waals surface area (Å²) in [4.78, 5) is 0. The first-order chi connectivity index (χ1) is 9.51. The Morgan fingerprint density at radius 2 is 1.90 bits per heavy atom. The molecule has 1 nitrogen and oxygen atoms in total. The predicted octanol–water partition coefficient (Wildman–Crippen LogP) is 5.60. The fourth-order valence-corrected chi connectivity index (χ4v) is 3.21. The van der Waals surface area contributed by atoms with Gasteiger partial charge in [0, 0.05) is 4.47 Å². The highest BCUT2D eigenvalue weighted by Crippen LogP contribution is 2.34. The van der Waals surface area contributed by atoms with Gasteiger partial charge in [0.2, 0.25) is 0 Å². The third-order valence-corrected chi connectivity index (χ3v) is 4.56. The number of methoxy groups -OCH3 is 1. The van der Waals surface area contributed by atoms with Crippen molar-refractivity contribution in [3.8, 4) is 5.75 Å². The topological polar surface area (TPSA) is 9.23 Å². The lowest BCUT2D eigenvalue weighted by Gasteiger charge is -2.15. The Hall–Kier alpha value is -0.990. The van der Waals surface area contributed by atoms with Crippen molar-refractivity contribution in [1.29, 1.82) is 0 Å². The van der Waals surface area contributed by atoms with Gasteiger partial charge in [0.1, 0.15) is 5.75 Å². The minimum Gasteiger partial charge on any atom is -0.497 e. The molecule has 2 rings (SSSR count). The molecule has 0 spiro atoms. The van der Waals surface area contributed by atoms with Gasteiger partial charge in [-0.05, 0) is 55.2 Å². The average Bonchev–Trinajstić information content (AvgIpc) is 2.43. The maximum atomic E-state index is 6.61. The van der Waals surface area contributed by atoms with E-state index in [1.807, 2.05) is 18.2 Å². The smallest absolute Gasteiger partial charge is 0.119 e. The molecular formula is C17H18BrClO. The molecule has 0 N–H and O–H groups in total. The summed E-state index contributed by atoms with van der Waals surface area (Å²) in [6.07, 6.45) is 0.806. The highest BCUT2D eigenvalue weighted by molar-refractivity contribution is 9.10. The molecular weight excluding hydrogens is 336 g/mol. The van der Waals surface area contributed by atoms with Crippen LogP contribution >= 0.6 is 27.5 Å². The second kappa shape index (κ2) is 6.64. The van der Waals surface area contributed by atoms with Crippen molar-refractivity contribution >= 4 is 27.5 Å². The van der Waals surface area contributed by atoms with Gasteiger partial charge in [0.15, 0.2) is 0 Å². The molecule has 0 saturated carbocycles. The standard InChI is InChI=1S/C17H18BrClO/c1-11-4-5-12(2)13(8-11)9-17(19)15-10-14(20-3)6-7-16(15)18/h4-8,10,17H,9H2,1-3H3. The van der Waals surface area contributed by atoms with E-state index in [4.69, 9.17) is 16.3 Å². The van der Waals surface area contributed by atoms with E-state index in [2.05, 4.69) is 48.0 Å². The number of aryl methyl sites for hydroxylation is 2. The molecule has 1 atom stereocenters. The third kappa shape index (κ3) is 3.56. The van der Waals surface area contributed by atoms with Gasteiger partial charge in [0.25, 0.3) is 0 Å². The summed E-state index contributed by atoms with van der Waals surface area (Å²) in [5.74, 6) is 0.829. The summed E-state index contributed by atoms with van der Waals surface area (Å²) >= 11 is 10.2. The Balaban J connectivity index is 2.27. The number of benzene rings is 2. The molecule has 0 aromatic heterocycles. The van der Waals surface area contributed by atoms with Gasteiger partial charge in [-0.2, -0.15) is 0 Å². The maximum absolute atomic E-state index is 6.61. The molecule has 0 heterocycles. The second-order valence-corrected chi connectivity index (χ2v) is 6.37. The van der Waals surface area contributed by atoms with Crippen molar-refractivity contribution in [3.63, 3.8) is 0 Å². The molecule has 3 heteroatoms. The van der Waals surface area contributed by atoms with E-state index in [1.165, 1.54) is 16.7 Å². The van der Waals surface area contributed by atoms with Gasteiger partial charge in [-0.3, -0.25) is 0 Å². The van der Waals surface area contributed by atoms with Gasteiger partial charge in [-0.25, -0.2) is 0 Å². The Labute approximate surface area is 134 Å². The van der Waals surface area contributed by atoms with E-state index < -0.39 is 0 Å². The lowest BCUT2D eigenvalue weighted by Crippen LogP contribution is -2.00. The van der Waals surface area contributed by atoms with Gasteiger partial charge >= 0.3 is 0 Å². The molecule has 0 aliphatic rings. The van der Waals surface area contributed by atoms with Gasteiger partial charge in [0.05, 0.1) is 12.5 Å². The Morgan fingerprint density at radius 3 is 2.60 bits per heavy atom. The van der Waals surface area contributed by atoms with E-state index in [-0.39, 0.29) is 5.38 Å². The van der Waals surface area contributed by atoms with Crippen LogP contribution in [0, 0.1) is 13.8 Å². The summed E-state index contributed by atoms with van der Waals surface area (Å²) < 4.78 is 6.29. The van der Waals surface area contributed by atoms with Crippen LogP contribution in [0.4, 0.5) is 0 Å². The Bertz CT molecular complexity index is 610. The highest BCUT2D eigenvalue weighted by Gasteiger charge is 2.14. The van der Waals surface area contributed by atoms with Crippen LogP contribution in [-0.2, 0) is 6.42 Å². The molecule has 2 aromatic carbocycles. The monoisotopic (exact) mass is 352 g/mol. The van der Waals surface area contributed by atoms with E-state index in [9.17, 15) is 0 Å². The molecule has 0 fully saturated rings. The zero-order chi connectivity index (χ0) is 14.7. The molecule has 1 unspecified atom stereocenters. The number of hydrogen-bond donors (Lipinski definition) is 0. The van der Waals surface area contributed by atoms with E-state index in [0.29, 0.717) is 0 Å². The second-order valence-electron chi connectivity index (χ2n) is 4.99. The third-order valence-electron chi connectivity index (χ3n) is 3.44. The number of alkyl halides is 1. The molecule has 0 amide bonds. The molecule has 0 bridgehead atoms. The quantitative estimate of drug-likeness (QED) is 0.650. The van der Waals surface area contributed by atoms with Crippen LogP contribution in [0.1, 0.15) is 27.6 Å². The van der Waals surface area contributed by atoms with Crippen LogP contribution in [0.5, 0.6) is 5.75 Å². The SMILES string of the molecule is COc1ccc(Br)c(C(Cl)Cc2cc(C)ccc2C)c1. The summed E-state index contributed by atoms with van der Waals surface area (Å²) in [6, 6.07) is 12.4. The van der Waals surface area contributed by atoms with E-state index in [1.54, 1.807) is 7.11 Å². The lowest BCUT2D eigenvalue weighted by atomic mass is 9.98. The molecule has 0 aliphatic carbocycles. The van der Waals surface area contributed by atoms with Gasteiger partial charge in [-0.15, -0.1) is 11.6 Å². The lowest BCUT2D eigenvalue weighted by molar-refractivity contribution is 0.414. The Morgan fingerprint density at radius 1 is 1.15 bits per heavy atom. The number of halogens is 2. The fourth-order valence-electron chi connectivity index (χ4n) is 2.21. The van der Waals surface area contributed by atoms with Crippen molar-refractivity contribution in [2.24, 2.45) is 0 Å². The maximum Gasteiger partial charge on any atom is 0.119 e. The van der Waals surface area contributed by atoms with E-state index in [0.717, 1.165) is 22.2 Å². The minimum absolute atomic E-state index is 0.0834. The van der Waals surface area contributed by atoms with Crippen molar-refractivity contribution in [2.45, 2.75) is 25.6 Å². The predicted molar refractivity (Wildman–Crippen MR) is 88.9 cm³/mol. The summed E-state index contributed by atoms with van der Waals surface area (Å²) in [7, 11) is 1.67. The van der Waals surface area contributed by atoms with Crippen LogP contribution < -0.4 is 4.74 Å². The first kappa shape index (κ1) is 15.4. The van der Waals surface area contributed by atoms with Gasteiger partial charge < -0.3 is 4.74 Å². The molecule has 0 radical (unpaired) electrons. The molecule has 20 heavy (non-hydrogen) atoms. The number of rotatable bonds is 4. The van der Waals surface area contributed by atoms with Crippen LogP contribution in [-0.4, -0.2) is 7.11 Å². The number of hydrogen-bond acceptors (Lipinski definition) is 1. The molecule has 2 aromatic rings. The molecule has 0 aliphatic heterocycles. The largest absolute Gasteiger partial charge is 0.497 e. The van der Waals surface area contributed by atoms with Crippen LogP contribution in [0.2, 0.25) is 0 Å². The highest BCUT2D eigenvalue weighted by atomic mass is 79.9. The summed E-state index contributed by atoms with van der Waals surface area (Å²) in [6.45, 7) is 4.23. The molecule has 106 valence electrons. The molecule has 0 saturated heterocycles. The van der Waals surface area contributed by atoms with Crippen LogP contribution in [0.25, 0.3) is 0 Å². The normalized spacial score (nSPS) is 12.2. The Kier molecular flexibility index (Phi) is 5.11. The minimum atomic E-state index is -0.0834. The summed E-state index contributed by atoms with van der Waals surface area (Å²) in [5, 5.41) is -0.0834.